The molecule has 0 spiro atoms. The van der Waals surface area contributed by atoms with Crippen molar-refractivity contribution in [3.63, 3.8) is 0 Å². The van der Waals surface area contributed by atoms with E-state index in [4.69, 9.17) is 4.98 Å². The number of carbonyl (C=O) groups excluding carboxylic acids is 1. The summed E-state index contributed by atoms with van der Waals surface area (Å²) in [6, 6.07) is 27.3. The number of amides is 1. The SMILES string of the molecule is CCn1cc(NC(=O)c2ccc3nc(C(O)(c4ccccc4)c4ccccc4)n(CC)c3c2)ccc1=O. The molecular formula is C30H28N4O3. The Balaban J connectivity index is 1.60. The van der Waals surface area contributed by atoms with Gasteiger partial charge in [0.25, 0.3) is 11.5 Å². The summed E-state index contributed by atoms with van der Waals surface area (Å²) in [5, 5.41) is 15.2. The van der Waals surface area contributed by atoms with Crippen molar-refractivity contribution in [3.05, 3.63) is 130 Å². The summed E-state index contributed by atoms with van der Waals surface area (Å²) in [6.07, 6.45) is 1.63. The summed E-state index contributed by atoms with van der Waals surface area (Å²) < 4.78 is 3.48. The molecule has 0 unspecified atom stereocenters. The van der Waals surface area contributed by atoms with Gasteiger partial charge < -0.3 is 19.6 Å². The maximum atomic E-state index is 13.1. The Morgan fingerprint density at radius 1 is 0.892 bits per heavy atom. The number of hydrogen-bond acceptors (Lipinski definition) is 4. The molecule has 0 saturated carbocycles. The molecule has 0 aliphatic rings. The van der Waals surface area contributed by atoms with Gasteiger partial charge in [0, 0.05) is 30.9 Å². The molecule has 1 amide bonds. The highest BCUT2D eigenvalue weighted by Gasteiger charge is 2.38. The molecule has 5 aromatic rings. The number of nitrogens with zero attached hydrogens (tertiary/aromatic N) is 3. The fourth-order valence-electron chi connectivity index (χ4n) is 4.70. The second-order valence-corrected chi connectivity index (χ2v) is 8.82. The van der Waals surface area contributed by atoms with Crippen LogP contribution in [0.4, 0.5) is 5.69 Å². The van der Waals surface area contributed by atoms with Crippen LogP contribution in [-0.2, 0) is 18.7 Å². The van der Waals surface area contributed by atoms with Gasteiger partial charge in [-0.1, -0.05) is 60.7 Å². The number of aromatic nitrogens is 3. The van der Waals surface area contributed by atoms with Crippen molar-refractivity contribution in [1.82, 2.24) is 14.1 Å². The molecule has 2 N–H and O–H groups in total. The number of fused-ring (bicyclic) bond motifs is 1. The lowest BCUT2D eigenvalue weighted by Crippen LogP contribution is -2.32. The van der Waals surface area contributed by atoms with E-state index < -0.39 is 5.60 Å². The molecule has 5 rings (SSSR count). The molecule has 7 nitrogen and oxygen atoms in total. The number of aliphatic hydroxyl groups is 1. The number of carbonyl (C=O) groups is 1. The first kappa shape index (κ1) is 24.2. The molecule has 186 valence electrons. The third kappa shape index (κ3) is 4.34. The Kier molecular flexibility index (Phi) is 6.46. The largest absolute Gasteiger partial charge is 0.373 e. The van der Waals surface area contributed by atoms with Crippen LogP contribution < -0.4 is 10.9 Å². The average Bonchev–Trinajstić information content (AvgIpc) is 3.33. The van der Waals surface area contributed by atoms with Gasteiger partial charge in [0.1, 0.15) is 0 Å². The van der Waals surface area contributed by atoms with Gasteiger partial charge in [-0.05, 0) is 49.2 Å². The van der Waals surface area contributed by atoms with Crippen LogP contribution in [0.3, 0.4) is 0 Å². The average molecular weight is 493 g/mol. The number of imidazole rings is 1. The van der Waals surface area contributed by atoms with E-state index in [0.717, 1.165) is 5.52 Å². The number of hydrogen-bond donors (Lipinski definition) is 2. The van der Waals surface area contributed by atoms with E-state index in [-0.39, 0.29) is 11.5 Å². The van der Waals surface area contributed by atoms with Crippen LogP contribution >= 0.6 is 0 Å². The van der Waals surface area contributed by atoms with Crippen LogP contribution in [-0.4, -0.2) is 25.1 Å². The van der Waals surface area contributed by atoms with Crippen molar-refractivity contribution >= 4 is 22.6 Å². The molecule has 2 heterocycles. The number of aryl methyl sites for hydroxylation is 2. The van der Waals surface area contributed by atoms with Gasteiger partial charge in [-0.2, -0.15) is 0 Å². The zero-order chi connectivity index (χ0) is 26.0. The Labute approximate surface area is 214 Å². The smallest absolute Gasteiger partial charge is 0.255 e. The van der Waals surface area contributed by atoms with Crippen LogP contribution in [0.25, 0.3) is 11.0 Å². The van der Waals surface area contributed by atoms with Crippen LogP contribution in [0.1, 0.15) is 41.2 Å². The molecule has 0 aliphatic heterocycles. The Morgan fingerprint density at radius 2 is 1.54 bits per heavy atom. The van der Waals surface area contributed by atoms with Crippen molar-refractivity contribution in [2.45, 2.75) is 32.5 Å². The summed E-state index contributed by atoms with van der Waals surface area (Å²) in [6.45, 7) is 4.91. The van der Waals surface area contributed by atoms with Crippen molar-refractivity contribution in [3.8, 4) is 0 Å². The molecule has 0 saturated heterocycles. The van der Waals surface area contributed by atoms with Gasteiger partial charge in [0.15, 0.2) is 11.4 Å². The van der Waals surface area contributed by atoms with E-state index in [1.54, 1.807) is 30.5 Å². The maximum absolute atomic E-state index is 13.1. The second kappa shape index (κ2) is 9.87. The predicted octanol–water partition coefficient (Wildman–Crippen LogP) is 4.77. The third-order valence-electron chi connectivity index (χ3n) is 6.62. The van der Waals surface area contributed by atoms with Crippen molar-refractivity contribution < 1.29 is 9.90 Å². The zero-order valence-electron chi connectivity index (χ0n) is 20.8. The van der Waals surface area contributed by atoms with Gasteiger partial charge >= 0.3 is 0 Å². The van der Waals surface area contributed by atoms with Gasteiger partial charge in [-0.25, -0.2) is 4.98 Å². The first-order chi connectivity index (χ1) is 18.0. The van der Waals surface area contributed by atoms with Crippen molar-refractivity contribution in [2.24, 2.45) is 0 Å². The van der Waals surface area contributed by atoms with Crippen LogP contribution in [0.15, 0.2) is 102 Å². The van der Waals surface area contributed by atoms with Gasteiger partial charge in [0.05, 0.1) is 16.7 Å². The van der Waals surface area contributed by atoms with Crippen molar-refractivity contribution in [2.75, 3.05) is 5.32 Å². The lowest BCUT2D eigenvalue weighted by Gasteiger charge is -2.29. The lowest BCUT2D eigenvalue weighted by molar-refractivity contribution is 0.102. The summed E-state index contributed by atoms with van der Waals surface area (Å²) in [7, 11) is 0. The van der Waals surface area contributed by atoms with Crippen LogP contribution in [0.5, 0.6) is 0 Å². The van der Waals surface area contributed by atoms with Gasteiger partial charge in [-0.3, -0.25) is 9.59 Å². The first-order valence-corrected chi connectivity index (χ1v) is 12.3. The molecule has 0 radical (unpaired) electrons. The molecule has 3 aromatic carbocycles. The normalized spacial score (nSPS) is 11.5. The number of rotatable bonds is 7. The fraction of sp³-hybridized carbons (Fsp3) is 0.167. The predicted molar refractivity (Wildman–Crippen MR) is 145 cm³/mol. The molecule has 0 bridgehead atoms. The molecule has 0 atom stereocenters. The molecule has 37 heavy (non-hydrogen) atoms. The van der Waals surface area contributed by atoms with E-state index >= 15 is 0 Å². The second-order valence-electron chi connectivity index (χ2n) is 8.82. The molecule has 2 aromatic heterocycles. The van der Waals surface area contributed by atoms with Crippen molar-refractivity contribution in [1.29, 1.82) is 0 Å². The highest BCUT2D eigenvalue weighted by atomic mass is 16.3. The number of pyridine rings is 1. The van der Waals surface area contributed by atoms with E-state index in [1.807, 2.05) is 79.1 Å². The summed E-state index contributed by atoms with van der Waals surface area (Å²) in [5.41, 5.74) is 2.21. The summed E-state index contributed by atoms with van der Waals surface area (Å²) in [4.78, 5) is 29.9. The number of anilines is 1. The molecular weight excluding hydrogens is 464 g/mol. The molecule has 0 fully saturated rings. The molecule has 0 aliphatic carbocycles. The summed E-state index contributed by atoms with van der Waals surface area (Å²) >= 11 is 0. The van der Waals surface area contributed by atoms with E-state index in [9.17, 15) is 14.7 Å². The van der Waals surface area contributed by atoms with E-state index in [2.05, 4.69) is 5.32 Å². The monoisotopic (exact) mass is 492 g/mol. The minimum absolute atomic E-state index is 0.120. The Bertz CT molecular complexity index is 1580. The number of benzene rings is 3. The van der Waals surface area contributed by atoms with E-state index in [1.165, 1.54) is 10.6 Å². The Hall–Kier alpha value is -4.49. The first-order valence-electron chi connectivity index (χ1n) is 12.3. The van der Waals surface area contributed by atoms with Crippen LogP contribution in [0, 0.1) is 0 Å². The third-order valence-corrected chi connectivity index (χ3v) is 6.62. The lowest BCUT2D eigenvalue weighted by atomic mass is 9.85. The minimum atomic E-state index is -1.49. The maximum Gasteiger partial charge on any atom is 0.255 e. The van der Waals surface area contributed by atoms with Gasteiger partial charge in [0.2, 0.25) is 0 Å². The summed E-state index contributed by atoms with van der Waals surface area (Å²) in [5.74, 6) is 0.185. The fourth-order valence-corrected chi connectivity index (χ4v) is 4.70. The highest BCUT2D eigenvalue weighted by molar-refractivity contribution is 6.05. The minimum Gasteiger partial charge on any atom is -0.373 e. The van der Waals surface area contributed by atoms with Crippen LogP contribution in [0.2, 0.25) is 0 Å². The topological polar surface area (TPSA) is 89.2 Å². The number of nitrogens with one attached hydrogen (secondary N) is 1. The standard InChI is InChI=1S/C30H28N4O3/c1-3-33-20-24(16-18-27(33)35)31-28(36)21-15-17-25-26(19-21)34(4-2)29(32-25)30(37,22-11-7-5-8-12-22)23-13-9-6-10-14-23/h5-20,37H,3-4H2,1-2H3,(H,31,36). The van der Waals surface area contributed by atoms with E-state index in [0.29, 0.717) is 46.8 Å². The zero-order valence-corrected chi connectivity index (χ0v) is 20.8. The highest BCUT2D eigenvalue weighted by Crippen LogP contribution is 2.37. The quantitative estimate of drug-likeness (QED) is 0.342. The van der Waals surface area contributed by atoms with Gasteiger partial charge in [-0.15, -0.1) is 0 Å². The Morgan fingerprint density at radius 3 is 2.14 bits per heavy atom. The molecule has 7 heteroatoms.